The third-order valence-electron chi connectivity index (χ3n) is 4.58. The molecule has 2 aliphatic rings. The Morgan fingerprint density at radius 1 is 1.50 bits per heavy atom. The Labute approximate surface area is 98.4 Å². The van der Waals surface area contributed by atoms with Gasteiger partial charge in [-0.15, -0.1) is 0 Å². The normalized spacial score (nSPS) is 38.9. The summed E-state index contributed by atoms with van der Waals surface area (Å²) in [5.41, 5.74) is -0.123. The lowest BCUT2D eigenvalue weighted by molar-refractivity contribution is -0.131. The van der Waals surface area contributed by atoms with Crippen LogP contribution in [0.4, 0.5) is 0 Å². The van der Waals surface area contributed by atoms with Gasteiger partial charge in [0.05, 0.1) is 5.41 Å². The predicted molar refractivity (Wildman–Crippen MR) is 65.2 cm³/mol. The molecule has 0 radical (unpaired) electrons. The van der Waals surface area contributed by atoms with E-state index in [-0.39, 0.29) is 5.41 Å². The number of nitrogens with one attached hydrogen (secondary N) is 2. The molecular formula is C13H24N2O. The van der Waals surface area contributed by atoms with Crippen molar-refractivity contribution in [2.24, 2.45) is 11.3 Å². The second-order valence-electron chi connectivity index (χ2n) is 5.55. The molecule has 3 heteroatoms. The molecule has 0 aromatic heterocycles. The van der Waals surface area contributed by atoms with Crippen LogP contribution in [0, 0.1) is 11.3 Å². The number of carbonyl (C=O) groups is 1. The second kappa shape index (κ2) is 4.74. The number of rotatable bonds is 3. The highest BCUT2D eigenvalue weighted by molar-refractivity contribution is 5.83. The van der Waals surface area contributed by atoms with Crippen LogP contribution in [0.1, 0.15) is 46.0 Å². The average Bonchev–Trinajstić information content (AvgIpc) is 2.89. The molecule has 3 nitrogen and oxygen atoms in total. The van der Waals surface area contributed by atoms with Crippen LogP contribution >= 0.6 is 0 Å². The summed E-state index contributed by atoms with van der Waals surface area (Å²) >= 11 is 0. The third kappa shape index (κ3) is 2.10. The summed E-state index contributed by atoms with van der Waals surface area (Å²) in [5.74, 6) is 0.950. The topological polar surface area (TPSA) is 41.1 Å². The molecule has 3 unspecified atom stereocenters. The minimum Gasteiger partial charge on any atom is -0.353 e. The lowest BCUT2D eigenvalue weighted by Gasteiger charge is -2.28. The smallest absolute Gasteiger partial charge is 0.227 e. The van der Waals surface area contributed by atoms with Crippen molar-refractivity contribution in [3.63, 3.8) is 0 Å². The van der Waals surface area contributed by atoms with Gasteiger partial charge >= 0.3 is 0 Å². The number of carbonyl (C=O) groups excluding carboxylic acids is 1. The fourth-order valence-corrected chi connectivity index (χ4v) is 3.08. The first-order valence-corrected chi connectivity index (χ1v) is 6.69. The summed E-state index contributed by atoms with van der Waals surface area (Å²) in [6.07, 6.45) is 5.65. The van der Waals surface area contributed by atoms with Crippen LogP contribution in [-0.2, 0) is 4.79 Å². The number of hydrogen-bond donors (Lipinski definition) is 2. The van der Waals surface area contributed by atoms with Gasteiger partial charge in [0, 0.05) is 12.6 Å². The minimum absolute atomic E-state index is 0.123. The molecule has 1 heterocycles. The van der Waals surface area contributed by atoms with Crippen LogP contribution < -0.4 is 10.6 Å². The van der Waals surface area contributed by atoms with E-state index >= 15 is 0 Å². The summed E-state index contributed by atoms with van der Waals surface area (Å²) in [6.45, 7) is 6.23. The SMILES string of the molecule is CCC1(C(=O)NC2CCCC2C)CCNC1. The Morgan fingerprint density at radius 3 is 2.81 bits per heavy atom. The van der Waals surface area contributed by atoms with Gasteiger partial charge in [-0.25, -0.2) is 0 Å². The molecule has 0 spiro atoms. The highest BCUT2D eigenvalue weighted by Crippen LogP contribution is 2.31. The zero-order valence-electron chi connectivity index (χ0n) is 10.5. The van der Waals surface area contributed by atoms with Crippen molar-refractivity contribution in [2.75, 3.05) is 13.1 Å². The molecule has 1 aliphatic carbocycles. The zero-order chi connectivity index (χ0) is 11.6. The summed E-state index contributed by atoms with van der Waals surface area (Å²) < 4.78 is 0. The summed E-state index contributed by atoms with van der Waals surface area (Å²) in [5, 5.41) is 6.60. The van der Waals surface area contributed by atoms with E-state index in [1.807, 2.05) is 0 Å². The fraction of sp³-hybridized carbons (Fsp3) is 0.923. The Bertz CT molecular complexity index is 259. The average molecular weight is 224 g/mol. The van der Waals surface area contributed by atoms with Crippen LogP contribution in [0.2, 0.25) is 0 Å². The first-order chi connectivity index (χ1) is 7.68. The first-order valence-electron chi connectivity index (χ1n) is 6.69. The van der Waals surface area contributed by atoms with E-state index in [1.165, 1.54) is 19.3 Å². The van der Waals surface area contributed by atoms with E-state index in [2.05, 4.69) is 24.5 Å². The Hall–Kier alpha value is -0.570. The molecule has 92 valence electrons. The molecule has 3 atom stereocenters. The van der Waals surface area contributed by atoms with Gasteiger partial charge in [0.25, 0.3) is 0 Å². The van der Waals surface area contributed by atoms with Crippen molar-refractivity contribution >= 4 is 5.91 Å². The van der Waals surface area contributed by atoms with Crippen molar-refractivity contribution in [3.8, 4) is 0 Å². The van der Waals surface area contributed by atoms with E-state index in [9.17, 15) is 4.79 Å². The van der Waals surface area contributed by atoms with E-state index in [0.29, 0.717) is 17.9 Å². The van der Waals surface area contributed by atoms with Gasteiger partial charge in [0.2, 0.25) is 5.91 Å². The van der Waals surface area contributed by atoms with E-state index in [1.54, 1.807) is 0 Å². The third-order valence-corrected chi connectivity index (χ3v) is 4.58. The highest BCUT2D eigenvalue weighted by Gasteiger charge is 2.40. The molecule has 0 aromatic rings. The van der Waals surface area contributed by atoms with Crippen molar-refractivity contribution in [2.45, 2.75) is 52.0 Å². The first kappa shape index (κ1) is 11.9. The Balaban J connectivity index is 1.96. The van der Waals surface area contributed by atoms with Gasteiger partial charge in [-0.05, 0) is 38.1 Å². The maximum absolute atomic E-state index is 12.3. The van der Waals surface area contributed by atoms with E-state index in [0.717, 1.165) is 25.9 Å². The molecule has 1 saturated carbocycles. The van der Waals surface area contributed by atoms with Crippen molar-refractivity contribution in [3.05, 3.63) is 0 Å². The molecule has 1 amide bonds. The summed E-state index contributed by atoms with van der Waals surface area (Å²) in [4.78, 5) is 12.3. The van der Waals surface area contributed by atoms with Crippen LogP contribution in [0.15, 0.2) is 0 Å². The standard InChI is InChI=1S/C13H24N2O/c1-3-13(7-8-14-9-13)12(16)15-11-6-4-5-10(11)2/h10-11,14H,3-9H2,1-2H3,(H,15,16). The van der Waals surface area contributed by atoms with Gasteiger partial charge in [-0.1, -0.05) is 20.3 Å². The molecule has 2 N–H and O–H groups in total. The Morgan fingerprint density at radius 2 is 2.31 bits per heavy atom. The van der Waals surface area contributed by atoms with Gasteiger partial charge in [0.1, 0.15) is 0 Å². The fourth-order valence-electron chi connectivity index (χ4n) is 3.08. The van der Waals surface area contributed by atoms with Crippen LogP contribution in [-0.4, -0.2) is 25.0 Å². The molecule has 1 saturated heterocycles. The van der Waals surface area contributed by atoms with Gasteiger partial charge < -0.3 is 10.6 Å². The predicted octanol–water partition coefficient (Wildman–Crippen LogP) is 1.68. The summed E-state index contributed by atoms with van der Waals surface area (Å²) in [6, 6.07) is 0.427. The van der Waals surface area contributed by atoms with Crippen molar-refractivity contribution in [1.29, 1.82) is 0 Å². The lowest BCUT2D eigenvalue weighted by atomic mass is 9.83. The maximum Gasteiger partial charge on any atom is 0.227 e. The molecule has 2 rings (SSSR count). The molecule has 0 bridgehead atoms. The van der Waals surface area contributed by atoms with Gasteiger partial charge in [-0.3, -0.25) is 4.79 Å². The number of hydrogen-bond acceptors (Lipinski definition) is 2. The largest absolute Gasteiger partial charge is 0.353 e. The van der Waals surface area contributed by atoms with Crippen LogP contribution in [0.3, 0.4) is 0 Å². The molecule has 1 aliphatic heterocycles. The molecule has 2 fully saturated rings. The van der Waals surface area contributed by atoms with E-state index < -0.39 is 0 Å². The van der Waals surface area contributed by atoms with E-state index in [4.69, 9.17) is 0 Å². The lowest BCUT2D eigenvalue weighted by Crippen LogP contribution is -2.47. The van der Waals surface area contributed by atoms with Crippen molar-refractivity contribution < 1.29 is 4.79 Å². The van der Waals surface area contributed by atoms with Gasteiger partial charge in [-0.2, -0.15) is 0 Å². The highest BCUT2D eigenvalue weighted by atomic mass is 16.2. The second-order valence-corrected chi connectivity index (χ2v) is 5.55. The molecule has 16 heavy (non-hydrogen) atoms. The zero-order valence-corrected chi connectivity index (χ0v) is 10.5. The maximum atomic E-state index is 12.3. The van der Waals surface area contributed by atoms with Gasteiger partial charge in [0.15, 0.2) is 0 Å². The van der Waals surface area contributed by atoms with Crippen LogP contribution in [0.5, 0.6) is 0 Å². The molecular weight excluding hydrogens is 200 g/mol. The number of amides is 1. The quantitative estimate of drug-likeness (QED) is 0.766. The summed E-state index contributed by atoms with van der Waals surface area (Å²) in [7, 11) is 0. The monoisotopic (exact) mass is 224 g/mol. The Kier molecular flexibility index (Phi) is 3.53. The molecule has 0 aromatic carbocycles. The van der Waals surface area contributed by atoms with Crippen LogP contribution in [0.25, 0.3) is 0 Å². The minimum atomic E-state index is -0.123. The van der Waals surface area contributed by atoms with Crippen molar-refractivity contribution in [1.82, 2.24) is 10.6 Å².